The fraction of sp³-hybridized carbons (Fsp3) is 0.500. The summed E-state index contributed by atoms with van der Waals surface area (Å²) in [7, 11) is 0. The number of nitrogens with one attached hydrogen (secondary N) is 1. The van der Waals surface area contributed by atoms with Gasteiger partial charge >= 0.3 is 0 Å². The highest BCUT2D eigenvalue weighted by atomic mass is 16.2. The van der Waals surface area contributed by atoms with Gasteiger partial charge in [-0.15, -0.1) is 0 Å². The second-order valence-corrected chi connectivity index (χ2v) is 7.65. The molecule has 0 aliphatic carbocycles. The number of piperidine rings is 1. The Morgan fingerprint density at radius 2 is 1.92 bits per heavy atom. The molecule has 0 saturated carbocycles. The summed E-state index contributed by atoms with van der Waals surface area (Å²) in [5, 5.41) is 1.12. The molecule has 0 spiro atoms. The van der Waals surface area contributed by atoms with Crippen LogP contribution in [0.15, 0.2) is 18.2 Å². The molecule has 2 amide bonds. The maximum Gasteiger partial charge on any atom is 0.270 e. The van der Waals surface area contributed by atoms with Crippen molar-refractivity contribution < 1.29 is 9.59 Å². The molecule has 132 valence electrons. The van der Waals surface area contributed by atoms with Crippen LogP contribution in [0.25, 0.3) is 10.9 Å². The molecule has 1 N–H and O–H groups in total. The molecule has 0 radical (unpaired) electrons. The van der Waals surface area contributed by atoms with Crippen molar-refractivity contribution in [1.29, 1.82) is 0 Å². The third-order valence-electron chi connectivity index (χ3n) is 5.85. The number of hydrogen-bond donors (Lipinski definition) is 1. The Morgan fingerprint density at radius 3 is 2.68 bits per heavy atom. The van der Waals surface area contributed by atoms with Crippen molar-refractivity contribution in [3.8, 4) is 0 Å². The minimum atomic E-state index is 0.0754. The number of aryl methyl sites for hydroxylation is 2. The molecule has 3 aliphatic heterocycles. The quantitative estimate of drug-likeness (QED) is 0.868. The first-order chi connectivity index (χ1) is 11.9. The third-order valence-corrected chi connectivity index (χ3v) is 5.85. The van der Waals surface area contributed by atoms with Gasteiger partial charge in [0.2, 0.25) is 5.91 Å². The van der Waals surface area contributed by atoms with Gasteiger partial charge < -0.3 is 14.8 Å². The van der Waals surface area contributed by atoms with Crippen LogP contribution in [-0.2, 0) is 4.79 Å². The van der Waals surface area contributed by atoms with Crippen molar-refractivity contribution in [3.05, 3.63) is 35.0 Å². The van der Waals surface area contributed by atoms with E-state index >= 15 is 0 Å². The van der Waals surface area contributed by atoms with Crippen molar-refractivity contribution in [2.45, 2.75) is 39.7 Å². The zero-order valence-corrected chi connectivity index (χ0v) is 15.1. The summed E-state index contributed by atoms with van der Waals surface area (Å²) in [6.45, 7) is 7.90. The lowest BCUT2D eigenvalue weighted by Gasteiger charge is -2.36. The van der Waals surface area contributed by atoms with E-state index in [1.54, 1.807) is 6.92 Å². The number of hydrogen-bond acceptors (Lipinski definition) is 2. The number of fused-ring (bicyclic) bond motifs is 5. The number of aromatic amines is 1. The molecule has 3 saturated heterocycles. The van der Waals surface area contributed by atoms with Gasteiger partial charge in [-0.05, 0) is 50.3 Å². The minimum Gasteiger partial charge on any atom is -0.350 e. The van der Waals surface area contributed by atoms with Crippen LogP contribution in [0.3, 0.4) is 0 Å². The van der Waals surface area contributed by atoms with Gasteiger partial charge in [0, 0.05) is 43.5 Å². The zero-order valence-electron chi connectivity index (χ0n) is 15.1. The lowest BCUT2D eigenvalue weighted by molar-refractivity contribution is -0.129. The molecule has 5 heteroatoms. The number of H-pyrrole nitrogens is 1. The van der Waals surface area contributed by atoms with Crippen molar-refractivity contribution in [1.82, 2.24) is 14.8 Å². The molecule has 5 rings (SSSR count). The maximum atomic E-state index is 13.3. The maximum absolute atomic E-state index is 13.3. The van der Waals surface area contributed by atoms with Crippen LogP contribution in [-0.4, -0.2) is 52.3 Å². The molecule has 2 aromatic rings. The lowest BCUT2D eigenvalue weighted by atomic mass is 9.94. The number of aromatic nitrogens is 1. The van der Waals surface area contributed by atoms with E-state index in [0.717, 1.165) is 42.4 Å². The van der Waals surface area contributed by atoms with Crippen LogP contribution < -0.4 is 0 Å². The molecular weight excluding hydrogens is 314 g/mol. The van der Waals surface area contributed by atoms with Gasteiger partial charge in [-0.3, -0.25) is 9.59 Å². The number of carbonyl (C=O) groups excluding carboxylic acids is 2. The van der Waals surface area contributed by atoms with E-state index in [9.17, 15) is 9.59 Å². The molecule has 2 atom stereocenters. The Hall–Kier alpha value is -2.30. The molecule has 5 nitrogen and oxygen atoms in total. The Bertz CT molecular complexity index is 854. The normalized spacial score (nSPS) is 23.2. The van der Waals surface area contributed by atoms with Crippen LogP contribution in [0, 0.1) is 19.8 Å². The Labute approximate surface area is 148 Å². The van der Waals surface area contributed by atoms with Gasteiger partial charge in [-0.1, -0.05) is 11.6 Å². The van der Waals surface area contributed by atoms with Gasteiger partial charge in [-0.25, -0.2) is 0 Å². The minimum absolute atomic E-state index is 0.0754. The highest BCUT2D eigenvalue weighted by Gasteiger charge is 2.38. The largest absolute Gasteiger partial charge is 0.350 e. The van der Waals surface area contributed by atoms with E-state index in [1.165, 1.54) is 5.56 Å². The third kappa shape index (κ3) is 2.71. The average Bonchev–Trinajstić information content (AvgIpc) is 2.76. The van der Waals surface area contributed by atoms with E-state index in [4.69, 9.17) is 0 Å². The Kier molecular flexibility index (Phi) is 3.82. The van der Waals surface area contributed by atoms with Crippen molar-refractivity contribution in [3.63, 3.8) is 0 Å². The number of amides is 2. The molecular formula is C20H25N3O2. The topological polar surface area (TPSA) is 56.4 Å². The van der Waals surface area contributed by atoms with E-state index < -0.39 is 0 Å². The van der Waals surface area contributed by atoms with Crippen molar-refractivity contribution in [2.75, 3.05) is 19.6 Å². The van der Waals surface area contributed by atoms with Gasteiger partial charge in [0.25, 0.3) is 5.91 Å². The average molecular weight is 339 g/mol. The highest BCUT2D eigenvalue weighted by molar-refractivity contribution is 6.01. The van der Waals surface area contributed by atoms with E-state index in [2.05, 4.69) is 24.0 Å². The Balaban J connectivity index is 1.67. The lowest BCUT2D eigenvalue weighted by Crippen LogP contribution is -2.47. The monoisotopic (exact) mass is 339 g/mol. The smallest absolute Gasteiger partial charge is 0.270 e. The molecule has 3 aliphatic rings. The SMILES string of the molecule is CC(=O)N1CC2CCC(C1)N(C(=O)c1[nH]c3ccc(C)cc3c1C)C2. The Morgan fingerprint density at radius 1 is 1.12 bits per heavy atom. The number of rotatable bonds is 1. The predicted octanol–water partition coefficient (Wildman–Crippen LogP) is 2.87. The van der Waals surface area contributed by atoms with Crippen LogP contribution in [0.2, 0.25) is 0 Å². The standard InChI is InChI=1S/C20H25N3O2/c1-12-4-7-18-17(8-12)13(2)19(21-18)20(25)23-10-15-5-6-16(23)11-22(9-15)14(3)24/h4,7-8,15-16,21H,5-6,9-11H2,1-3H3. The summed E-state index contributed by atoms with van der Waals surface area (Å²) in [4.78, 5) is 32.4. The second kappa shape index (κ2) is 5.90. The molecule has 1 aromatic carbocycles. The molecule has 1 aromatic heterocycles. The summed E-state index contributed by atoms with van der Waals surface area (Å²) in [6, 6.07) is 6.36. The van der Waals surface area contributed by atoms with E-state index in [0.29, 0.717) is 18.2 Å². The first-order valence-electron chi connectivity index (χ1n) is 9.09. The number of carbonyl (C=O) groups is 2. The van der Waals surface area contributed by atoms with Crippen molar-refractivity contribution in [2.24, 2.45) is 5.92 Å². The summed E-state index contributed by atoms with van der Waals surface area (Å²) >= 11 is 0. The van der Waals surface area contributed by atoms with E-state index in [1.807, 2.05) is 22.8 Å². The van der Waals surface area contributed by atoms with Crippen molar-refractivity contribution >= 4 is 22.7 Å². The van der Waals surface area contributed by atoms with E-state index in [-0.39, 0.29) is 17.9 Å². The summed E-state index contributed by atoms with van der Waals surface area (Å²) in [5.41, 5.74) is 3.92. The van der Waals surface area contributed by atoms with Gasteiger partial charge in [-0.2, -0.15) is 0 Å². The molecule has 4 heterocycles. The molecule has 25 heavy (non-hydrogen) atoms. The van der Waals surface area contributed by atoms with Crippen LogP contribution in [0.4, 0.5) is 0 Å². The van der Waals surface area contributed by atoms with Gasteiger partial charge in [0.1, 0.15) is 5.69 Å². The fourth-order valence-electron chi connectivity index (χ4n) is 4.39. The first-order valence-corrected chi connectivity index (χ1v) is 9.09. The number of benzene rings is 1. The fourth-order valence-corrected chi connectivity index (χ4v) is 4.39. The van der Waals surface area contributed by atoms with Crippen LogP contribution in [0.1, 0.15) is 41.4 Å². The van der Waals surface area contributed by atoms with Gasteiger partial charge in [0.15, 0.2) is 0 Å². The second-order valence-electron chi connectivity index (χ2n) is 7.65. The zero-order chi connectivity index (χ0) is 17.7. The van der Waals surface area contributed by atoms with Crippen LogP contribution >= 0.6 is 0 Å². The number of nitrogens with zero attached hydrogens (tertiary/aromatic N) is 2. The van der Waals surface area contributed by atoms with Crippen LogP contribution in [0.5, 0.6) is 0 Å². The highest BCUT2D eigenvalue weighted by Crippen LogP contribution is 2.31. The first kappa shape index (κ1) is 16.2. The predicted molar refractivity (Wildman–Crippen MR) is 97.6 cm³/mol. The summed E-state index contributed by atoms with van der Waals surface area (Å²) in [6.07, 6.45) is 2.08. The summed E-state index contributed by atoms with van der Waals surface area (Å²) < 4.78 is 0. The van der Waals surface area contributed by atoms with Gasteiger partial charge in [0.05, 0.1) is 0 Å². The summed E-state index contributed by atoms with van der Waals surface area (Å²) in [5.74, 6) is 0.577. The molecule has 2 unspecified atom stereocenters. The molecule has 3 fully saturated rings. The molecule has 2 bridgehead atoms.